The molecule has 1 aromatic rings. The van der Waals surface area contributed by atoms with E-state index >= 15 is 0 Å². The normalized spacial score (nSPS) is 17.6. The lowest BCUT2D eigenvalue weighted by Crippen LogP contribution is -2.47. The average Bonchev–Trinajstić information content (AvgIpc) is 2.54. The second-order valence-electron chi connectivity index (χ2n) is 6.28. The van der Waals surface area contributed by atoms with Gasteiger partial charge in [0.15, 0.2) is 0 Å². The van der Waals surface area contributed by atoms with Crippen LogP contribution in [-0.2, 0) is 9.59 Å². The number of piperidine rings is 1. The van der Waals surface area contributed by atoms with Crippen molar-refractivity contribution in [2.45, 2.75) is 44.6 Å². The summed E-state index contributed by atoms with van der Waals surface area (Å²) in [5.74, 6) is -0.254. The zero-order valence-electron chi connectivity index (χ0n) is 13.8. The van der Waals surface area contributed by atoms with Gasteiger partial charge in [0.1, 0.15) is 0 Å². The maximum absolute atomic E-state index is 12.7. The molecule has 1 saturated heterocycles. The van der Waals surface area contributed by atoms with Gasteiger partial charge in [0.2, 0.25) is 11.8 Å². The highest BCUT2D eigenvalue weighted by atomic mass is 16.2. The van der Waals surface area contributed by atoms with Crippen LogP contribution in [0.3, 0.4) is 0 Å². The zero-order valence-corrected chi connectivity index (χ0v) is 13.8. The molecule has 1 unspecified atom stereocenters. The Morgan fingerprint density at radius 1 is 1.26 bits per heavy atom. The molecule has 2 rings (SSSR count). The molecule has 0 radical (unpaired) electrons. The topological polar surface area (TPSA) is 75.4 Å². The molecule has 3 N–H and O–H groups in total. The number of nitrogens with zero attached hydrogens (tertiary/aromatic N) is 1. The van der Waals surface area contributed by atoms with Crippen molar-refractivity contribution in [3.8, 4) is 0 Å². The van der Waals surface area contributed by atoms with Crippen LogP contribution in [0.25, 0.3) is 0 Å². The predicted octanol–water partition coefficient (Wildman–Crippen LogP) is 1.64. The predicted molar refractivity (Wildman–Crippen MR) is 90.9 cm³/mol. The van der Waals surface area contributed by atoms with Crippen molar-refractivity contribution in [2.24, 2.45) is 5.73 Å². The van der Waals surface area contributed by atoms with Gasteiger partial charge in [0.25, 0.3) is 0 Å². The molecule has 1 aromatic carbocycles. The lowest BCUT2D eigenvalue weighted by molar-refractivity contribution is -0.124. The standard InChI is InChI=1S/C18H27N3O2/c1-2-6-16(14-7-4-3-5-8-14)18(23)20-15-9-11-21(12-10-15)13-17(19)22/h3-5,7-8,15-16H,2,6,9-13H2,1H3,(H2,19,22)(H,20,23). The smallest absolute Gasteiger partial charge is 0.231 e. The molecule has 1 aliphatic heterocycles. The minimum absolute atomic E-state index is 0.0788. The summed E-state index contributed by atoms with van der Waals surface area (Å²) in [6, 6.07) is 10.2. The van der Waals surface area contributed by atoms with Crippen molar-refractivity contribution in [3.63, 3.8) is 0 Å². The van der Waals surface area contributed by atoms with Gasteiger partial charge in [-0.2, -0.15) is 0 Å². The van der Waals surface area contributed by atoms with Gasteiger partial charge in [-0.15, -0.1) is 0 Å². The summed E-state index contributed by atoms with van der Waals surface area (Å²) in [5.41, 5.74) is 6.31. The van der Waals surface area contributed by atoms with Crippen molar-refractivity contribution in [3.05, 3.63) is 35.9 Å². The van der Waals surface area contributed by atoms with Crippen LogP contribution in [0.2, 0.25) is 0 Å². The molecule has 0 aliphatic carbocycles. The number of benzene rings is 1. The summed E-state index contributed by atoms with van der Waals surface area (Å²) in [7, 11) is 0. The maximum Gasteiger partial charge on any atom is 0.231 e. The Hall–Kier alpha value is -1.88. The lowest BCUT2D eigenvalue weighted by atomic mass is 9.92. The van der Waals surface area contributed by atoms with E-state index in [1.807, 2.05) is 35.2 Å². The van der Waals surface area contributed by atoms with E-state index in [4.69, 9.17) is 5.73 Å². The van der Waals surface area contributed by atoms with E-state index in [-0.39, 0.29) is 23.8 Å². The first-order valence-corrected chi connectivity index (χ1v) is 8.46. The highest BCUT2D eigenvalue weighted by Gasteiger charge is 2.25. The lowest BCUT2D eigenvalue weighted by Gasteiger charge is -2.32. The summed E-state index contributed by atoms with van der Waals surface area (Å²) in [6.07, 6.45) is 3.57. The van der Waals surface area contributed by atoms with Gasteiger partial charge < -0.3 is 11.1 Å². The fourth-order valence-electron chi connectivity index (χ4n) is 3.18. The van der Waals surface area contributed by atoms with Gasteiger partial charge >= 0.3 is 0 Å². The number of hydrogen-bond donors (Lipinski definition) is 2. The van der Waals surface area contributed by atoms with Gasteiger partial charge in [-0.05, 0) is 24.8 Å². The Balaban J connectivity index is 1.89. The van der Waals surface area contributed by atoms with Gasteiger partial charge in [0, 0.05) is 19.1 Å². The number of amides is 2. The zero-order chi connectivity index (χ0) is 16.7. The molecule has 0 bridgehead atoms. The minimum Gasteiger partial charge on any atom is -0.369 e. The Kier molecular flexibility index (Phi) is 6.59. The number of primary amides is 1. The Labute approximate surface area is 138 Å². The largest absolute Gasteiger partial charge is 0.369 e. The monoisotopic (exact) mass is 317 g/mol. The van der Waals surface area contributed by atoms with Crippen molar-refractivity contribution < 1.29 is 9.59 Å². The number of carbonyl (C=O) groups excluding carboxylic acids is 2. The first-order valence-electron chi connectivity index (χ1n) is 8.46. The van der Waals surface area contributed by atoms with Crippen LogP contribution in [0.15, 0.2) is 30.3 Å². The van der Waals surface area contributed by atoms with Crippen LogP contribution in [0, 0.1) is 0 Å². The van der Waals surface area contributed by atoms with Crippen LogP contribution >= 0.6 is 0 Å². The second kappa shape index (κ2) is 8.67. The molecule has 5 heteroatoms. The fraction of sp³-hybridized carbons (Fsp3) is 0.556. The van der Waals surface area contributed by atoms with Gasteiger partial charge in [-0.25, -0.2) is 0 Å². The maximum atomic E-state index is 12.7. The van der Waals surface area contributed by atoms with Gasteiger partial charge in [-0.3, -0.25) is 14.5 Å². The summed E-state index contributed by atoms with van der Waals surface area (Å²) >= 11 is 0. The van der Waals surface area contributed by atoms with Crippen LogP contribution < -0.4 is 11.1 Å². The highest BCUT2D eigenvalue weighted by molar-refractivity contribution is 5.83. The quantitative estimate of drug-likeness (QED) is 0.802. The fourth-order valence-corrected chi connectivity index (χ4v) is 3.18. The van der Waals surface area contributed by atoms with Gasteiger partial charge in [0.05, 0.1) is 12.5 Å². The minimum atomic E-state index is -0.292. The number of likely N-dealkylation sites (tertiary alicyclic amines) is 1. The SMILES string of the molecule is CCCC(C(=O)NC1CCN(CC(N)=O)CC1)c1ccccc1. The van der Waals surface area contributed by atoms with Crippen LogP contribution in [-0.4, -0.2) is 42.4 Å². The third kappa shape index (κ3) is 5.36. The average molecular weight is 317 g/mol. The molecule has 2 amide bonds. The van der Waals surface area contributed by atoms with E-state index in [0.717, 1.165) is 44.3 Å². The number of carbonyl (C=O) groups is 2. The van der Waals surface area contributed by atoms with Crippen molar-refractivity contribution in [1.29, 1.82) is 0 Å². The van der Waals surface area contributed by atoms with Crippen molar-refractivity contribution >= 4 is 11.8 Å². The van der Waals surface area contributed by atoms with Gasteiger partial charge in [-0.1, -0.05) is 43.7 Å². The van der Waals surface area contributed by atoms with E-state index in [0.29, 0.717) is 6.54 Å². The number of nitrogens with one attached hydrogen (secondary N) is 1. The molecule has 23 heavy (non-hydrogen) atoms. The van der Waals surface area contributed by atoms with Crippen LogP contribution in [0.1, 0.15) is 44.1 Å². The first kappa shape index (κ1) is 17.5. The van der Waals surface area contributed by atoms with E-state index < -0.39 is 0 Å². The third-order valence-electron chi connectivity index (χ3n) is 4.41. The molecule has 1 aliphatic rings. The van der Waals surface area contributed by atoms with Crippen LogP contribution in [0.4, 0.5) is 0 Å². The van der Waals surface area contributed by atoms with E-state index in [2.05, 4.69) is 12.2 Å². The van der Waals surface area contributed by atoms with Crippen molar-refractivity contribution in [2.75, 3.05) is 19.6 Å². The van der Waals surface area contributed by atoms with Crippen LogP contribution in [0.5, 0.6) is 0 Å². The summed E-state index contributed by atoms with van der Waals surface area (Å²) in [5, 5.41) is 3.19. The molecule has 1 heterocycles. The Morgan fingerprint density at radius 3 is 2.48 bits per heavy atom. The second-order valence-corrected chi connectivity index (χ2v) is 6.28. The Morgan fingerprint density at radius 2 is 1.91 bits per heavy atom. The summed E-state index contributed by atoms with van der Waals surface area (Å²) in [4.78, 5) is 25.7. The number of nitrogens with two attached hydrogens (primary N) is 1. The molecular formula is C18H27N3O2. The van der Waals surface area contributed by atoms with E-state index in [1.54, 1.807) is 0 Å². The van der Waals surface area contributed by atoms with Crippen molar-refractivity contribution in [1.82, 2.24) is 10.2 Å². The molecule has 0 aromatic heterocycles. The molecular weight excluding hydrogens is 290 g/mol. The van der Waals surface area contributed by atoms with E-state index in [9.17, 15) is 9.59 Å². The van der Waals surface area contributed by atoms with E-state index in [1.165, 1.54) is 0 Å². The number of hydrogen-bond acceptors (Lipinski definition) is 3. The molecule has 1 atom stereocenters. The summed E-state index contributed by atoms with van der Waals surface area (Å²) < 4.78 is 0. The third-order valence-corrected chi connectivity index (χ3v) is 4.41. The highest BCUT2D eigenvalue weighted by Crippen LogP contribution is 2.22. The first-order chi connectivity index (χ1) is 11.1. The summed E-state index contributed by atoms with van der Waals surface area (Å²) in [6.45, 7) is 4.02. The molecule has 5 nitrogen and oxygen atoms in total. The molecule has 0 saturated carbocycles. The Bertz CT molecular complexity index is 510. The molecule has 1 fully saturated rings. The molecule has 126 valence electrons. The molecule has 0 spiro atoms. The number of rotatable bonds is 7.